The zero-order valence-electron chi connectivity index (χ0n) is 10.6. The van der Waals surface area contributed by atoms with E-state index in [2.05, 4.69) is 5.32 Å². The third-order valence-corrected chi connectivity index (χ3v) is 3.25. The second-order valence-electron chi connectivity index (χ2n) is 5.98. The topological polar surface area (TPSA) is 69.6 Å². The van der Waals surface area contributed by atoms with Crippen molar-refractivity contribution in [3.63, 3.8) is 0 Å². The first-order chi connectivity index (χ1) is 7.14. The third kappa shape index (κ3) is 3.27. The summed E-state index contributed by atoms with van der Waals surface area (Å²) in [5.74, 6) is 0.0803. The number of ketones is 1. The Balaban J connectivity index is 2.73. The van der Waals surface area contributed by atoms with Gasteiger partial charge in [0.1, 0.15) is 5.78 Å². The summed E-state index contributed by atoms with van der Waals surface area (Å²) in [4.78, 5) is 12.0. The Kier molecular flexibility index (Phi) is 3.77. The number of hydrogen-bond acceptors (Lipinski definition) is 4. The van der Waals surface area contributed by atoms with Gasteiger partial charge in [-0.1, -0.05) is 0 Å². The standard InChI is InChI=1S/C12H23NO3/c1-11(2)7-9(14)8(5-6-10(15)16)12(3,4)13-11/h8,10,13,15-16H,5-7H2,1-4H3. The van der Waals surface area contributed by atoms with E-state index in [0.717, 1.165) is 0 Å². The predicted octanol–water partition coefficient (Wildman–Crippen LogP) is 0.813. The summed E-state index contributed by atoms with van der Waals surface area (Å²) < 4.78 is 0. The van der Waals surface area contributed by atoms with Crippen molar-refractivity contribution in [3.05, 3.63) is 0 Å². The van der Waals surface area contributed by atoms with Crippen LogP contribution in [0.3, 0.4) is 0 Å². The second-order valence-corrected chi connectivity index (χ2v) is 5.98. The van der Waals surface area contributed by atoms with E-state index < -0.39 is 6.29 Å². The van der Waals surface area contributed by atoms with Gasteiger partial charge in [0.15, 0.2) is 6.29 Å². The maximum Gasteiger partial charge on any atom is 0.151 e. The quantitative estimate of drug-likeness (QED) is 0.626. The molecule has 1 atom stereocenters. The summed E-state index contributed by atoms with van der Waals surface area (Å²) in [6.45, 7) is 8.04. The number of Topliss-reactive ketones (excluding diaryl/α,β-unsaturated/α-hetero) is 1. The number of carbonyl (C=O) groups is 1. The molecule has 1 rings (SSSR count). The summed E-state index contributed by atoms with van der Waals surface area (Å²) in [5, 5.41) is 21.2. The highest BCUT2D eigenvalue weighted by Gasteiger charge is 2.44. The van der Waals surface area contributed by atoms with Crippen molar-refractivity contribution in [1.82, 2.24) is 5.32 Å². The lowest BCUT2D eigenvalue weighted by molar-refractivity contribution is -0.131. The molecule has 0 amide bonds. The van der Waals surface area contributed by atoms with Gasteiger partial charge in [-0.3, -0.25) is 4.79 Å². The van der Waals surface area contributed by atoms with Gasteiger partial charge in [-0.2, -0.15) is 0 Å². The molecule has 0 aromatic rings. The van der Waals surface area contributed by atoms with Gasteiger partial charge in [0, 0.05) is 23.4 Å². The van der Waals surface area contributed by atoms with E-state index in [1.165, 1.54) is 0 Å². The Hall–Kier alpha value is -0.450. The number of piperidine rings is 1. The number of carbonyl (C=O) groups excluding carboxylic acids is 1. The third-order valence-electron chi connectivity index (χ3n) is 3.25. The van der Waals surface area contributed by atoms with Crippen molar-refractivity contribution in [2.45, 2.75) is 64.3 Å². The molecule has 94 valence electrons. The molecule has 1 aliphatic rings. The Labute approximate surface area is 97.0 Å². The summed E-state index contributed by atoms with van der Waals surface area (Å²) in [5.41, 5.74) is -0.456. The number of hydrogen-bond donors (Lipinski definition) is 3. The normalized spacial score (nSPS) is 28.4. The molecule has 1 aliphatic heterocycles. The summed E-state index contributed by atoms with van der Waals surface area (Å²) in [7, 11) is 0. The second kappa shape index (κ2) is 4.43. The van der Waals surface area contributed by atoms with Gasteiger partial charge in [-0.15, -0.1) is 0 Å². The Bertz CT molecular complexity index is 271. The van der Waals surface area contributed by atoms with Crippen molar-refractivity contribution < 1.29 is 15.0 Å². The molecule has 1 saturated heterocycles. The molecule has 1 unspecified atom stereocenters. The maximum absolute atomic E-state index is 12.0. The van der Waals surface area contributed by atoms with Crippen LogP contribution >= 0.6 is 0 Å². The fourth-order valence-electron chi connectivity index (χ4n) is 2.80. The van der Waals surface area contributed by atoms with Crippen LogP contribution in [0.4, 0.5) is 0 Å². The monoisotopic (exact) mass is 229 g/mol. The minimum absolute atomic E-state index is 0.137. The van der Waals surface area contributed by atoms with Crippen LogP contribution in [-0.4, -0.2) is 33.4 Å². The highest BCUT2D eigenvalue weighted by atomic mass is 16.5. The van der Waals surface area contributed by atoms with Crippen molar-refractivity contribution >= 4 is 5.78 Å². The molecule has 0 spiro atoms. The van der Waals surface area contributed by atoms with Crippen LogP contribution in [0.1, 0.15) is 47.0 Å². The Morgan fingerprint density at radius 1 is 1.38 bits per heavy atom. The van der Waals surface area contributed by atoms with Gasteiger partial charge >= 0.3 is 0 Å². The van der Waals surface area contributed by atoms with E-state index in [-0.39, 0.29) is 29.2 Å². The molecular weight excluding hydrogens is 206 g/mol. The first-order valence-corrected chi connectivity index (χ1v) is 5.82. The molecule has 0 radical (unpaired) electrons. The van der Waals surface area contributed by atoms with Crippen LogP contribution in [0.25, 0.3) is 0 Å². The highest BCUT2D eigenvalue weighted by Crippen LogP contribution is 2.33. The first kappa shape index (κ1) is 13.6. The SMILES string of the molecule is CC1(C)CC(=O)C(CCC(O)O)C(C)(C)N1. The van der Waals surface area contributed by atoms with Gasteiger partial charge in [0.05, 0.1) is 0 Å². The first-order valence-electron chi connectivity index (χ1n) is 5.82. The lowest BCUT2D eigenvalue weighted by atomic mass is 9.72. The van der Waals surface area contributed by atoms with Crippen LogP contribution < -0.4 is 5.32 Å². The minimum Gasteiger partial charge on any atom is -0.368 e. The van der Waals surface area contributed by atoms with Gasteiger partial charge in [0.25, 0.3) is 0 Å². The number of aliphatic hydroxyl groups is 2. The molecule has 4 heteroatoms. The Morgan fingerprint density at radius 2 is 1.94 bits per heavy atom. The molecule has 0 bridgehead atoms. The molecule has 0 aromatic carbocycles. The van der Waals surface area contributed by atoms with E-state index in [4.69, 9.17) is 10.2 Å². The van der Waals surface area contributed by atoms with E-state index in [9.17, 15) is 4.79 Å². The fraction of sp³-hybridized carbons (Fsp3) is 0.917. The predicted molar refractivity (Wildman–Crippen MR) is 61.9 cm³/mol. The van der Waals surface area contributed by atoms with Gasteiger partial charge < -0.3 is 15.5 Å². The smallest absolute Gasteiger partial charge is 0.151 e. The van der Waals surface area contributed by atoms with Crippen molar-refractivity contribution in [2.75, 3.05) is 0 Å². The van der Waals surface area contributed by atoms with Gasteiger partial charge in [0.2, 0.25) is 0 Å². The summed E-state index contributed by atoms with van der Waals surface area (Å²) >= 11 is 0. The maximum atomic E-state index is 12.0. The molecule has 1 fully saturated rings. The molecule has 16 heavy (non-hydrogen) atoms. The zero-order valence-corrected chi connectivity index (χ0v) is 10.6. The molecule has 4 nitrogen and oxygen atoms in total. The molecule has 3 N–H and O–H groups in total. The number of aliphatic hydroxyl groups excluding tert-OH is 1. The van der Waals surface area contributed by atoms with Crippen LogP contribution in [0.5, 0.6) is 0 Å². The lowest BCUT2D eigenvalue weighted by Gasteiger charge is -2.47. The van der Waals surface area contributed by atoms with Gasteiger partial charge in [-0.05, 0) is 40.5 Å². The molecule has 0 aliphatic carbocycles. The minimum atomic E-state index is -1.32. The highest BCUT2D eigenvalue weighted by molar-refractivity contribution is 5.84. The van der Waals surface area contributed by atoms with E-state index in [1.54, 1.807) is 0 Å². The van der Waals surface area contributed by atoms with Crippen LogP contribution in [-0.2, 0) is 4.79 Å². The Morgan fingerprint density at radius 3 is 2.38 bits per heavy atom. The van der Waals surface area contributed by atoms with Crippen molar-refractivity contribution in [2.24, 2.45) is 5.92 Å². The molecule has 0 aromatic heterocycles. The molecule has 1 heterocycles. The average molecular weight is 229 g/mol. The van der Waals surface area contributed by atoms with Crippen LogP contribution in [0, 0.1) is 5.92 Å². The van der Waals surface area contributed by atoms with Crippen molar-refractivity contribution in [3.8, 4) is 0 Å². The molecule has 0 saturated carbocycles. The summed E-state index contributed by atoms with van der Waals surface area (Å²) in [6, 6.07) is 0. The largest absolute Gasteiger partial charge is 0.368 e. The average Bonchev–Trinajstić information content (AvgIpc) is 1.96. The molecular formula is C12H23NO3. The lowest BCUT2D eigenvalue weighted by Crippen LogP contribution is -2.63. The number of rotatable bonds is 3. The van der Waals surface area contributed by atoms with E-state index in [1.807, 2.05) is 27.7 Å². The van der Waals surface area contributed by atoms with Crippen LogP contribution in [0.2, 0.25) is 0 Å². The van der Waals surface area contributed by atoms with Crippen LogP contribution in [0.15, 0.2) is 0 Å². The van der Waals surface area contributed by atoms with Gasteiger partial charge in [-0.25, -0.2) is 0 Å². The fourth-order valence-corrected chi connectivity index (χ4v) is 2.80. The van der Waals surface area contributed by atoms with Crippen molar-refractivity contribution in [1.29, 1.82) is 0 Å². The number of nitrogens with one attached hydrogen (secondary N) is 1. The summed E-state index contributed by atoms with van der Waals surface area (Å²) in [6.07, 6.45) is -0.0459. The zero-order chi connectivity index (χ0) is 12.6. The van der Waals surface area contributed by atoms with E-state index in [0.29, 0.717) is 12.8 Å². The van der Waals surface area contributed by atoms with E-state index >= 15 is 0 Å².